The van der Waals surface area contributed by atoms with Gasteiger partial charge in [-0.25, -0.2) is 0 Å². The van der Waals surface area contributed by atoms with E-state index in [9.17, 15) is 0 Å². The molecule has 0 bridgehead atoms. The van der Waals surface area contributed by atoms with E-state index >= 15 is 0 Å². The molecule has 0 aliphatic carbocycles. The molecule has 2 N–H and O–H groups in total. The number of hydrogen-bond acceptors (Lipinski definition) is 2. The van der Waals surface area contributed by atoms with Crippen molar-refractivity contribution >= 4 is 11.6 Å². The van der Waals surface area contributed by atoms with Crippen LogP contribution in [0.15, 0.2) is 34.7 Å². The summed E-state index contributed by atoms with van der Waals surface area (Å²) in [4.78, 5) is 0. The molecule has 15 heavy (non-hydrogen) atoms. The lowest BCUT2D eigenvalue weighted by Gasteiger charge is -2.02. The maximum atomic E-state index is 6.09. The van der Waals surface area contributed by atoms with Gasteiger partial charge in [0.15, 0.2) is 0 Å². The van der Waals surface area contributed by atoms with Crippen LogP contribution >= 0.6 is 11.6 Å². The number of furan rings is 1. The molecule has 0 fully saturated rings. The number of aryl methyl sites for hydroxylation is 1. The molecule has 0 saturated heterocycles. The van der Waals surface area contributed by atoms with Crippen LogP contribution in [0.25, 0.3) is 11.3 Å². The molecule has 0 amide bonds. The van der Waals surface area contributed by atoms with Gasteiger partial charge in [-0.2, -0.15) is 0 Å². The van der Waals surface area contributed by atoms with Gasteiger partial charge in [-0.15, -0.1) is 0 Å². The minimum absolute atomic E-state index is 0.406. The van der Waals surface area contributed by atoms with Crippen LogP contribution in [0, 0.1) is 6.92 Å². The van der Waals surface area contributed by atoms with Crippen molar-refractivity contribution in [2.24, 2.45) is 5.73 Å². The third-order valence-electron chi connectivity index (χ3n) is 2.25. The van der Waals surface area contributed by atoms with Crippen molar-refractivity contribution in [3.63, 3.8) is 0 Å². The summed E-state index contributed by atoms with van der Waals surface area (Å²) in [7, 11) is 0. The van der Waals surface area contributed by atoms with Gasteiger partial charge in [0.1, 0.15) is 11.5 Å². The van der Waals surface area contributed by atoms with E-state index < -0.39 is 0 Å². The number of halogens is 1. The minimum Gasteiger partial charge on any atom is -0.460 e. The van der Waals surface area contributed by atoms with Gasteiger partial charge in [-0.1, -0.05) is 23.2 Å². The van der Waals surface area contributed by atoms with Gasteiger partial charge in [-0.3, -0.25) is 0 Å². The molecule has 0 aliphatic rings. The highest BCUT2D eigenvalue weighted by Crippen LogP contribution is 2.30. The molecule has 0 aliphatic heterocycles. The lowest BCUT2D eigenvalue weighted by Crippen LogP contribution is -1.92. The standard InChI is InChI=1S/C12H12ClNO/c1-8-2-4-11(13)10(6-8)12-5-3-9(7-14)15-12/h2-6H,7,14H2,1H3. The zero-order chi connectivity index (χ0) is 10.8. The topological polar surface area (TPSA) is 39.2 Å². The Hall–Kier alpha value is -1.25. The lowest BCUT2D eigenvalue weighted by molar-refractivity contribution is 0.525. The number of rotatable bonds is 2. The average molecular weight is 222 g/mol. The minimum atomic E-state index is 0.406. The molecule has 1 heterocycles. The molecule has 0 radical (unpaired) electrons. The largest absolute Gasteiger partial charge is 0.460 e. The van der Waals surface area contributed by atoms with E-state index in [2.05, 4.69) is 0 Å². The average Bonchev–Trinajstić information content (AvgIpc) is 2.70. The van der Waals surface area contributed by atoms with Crippen molar-refractivity contribution < 1.29 is 4.42 Å². The first-order valence-electron chi connectivity index (χ1n) is 4.76. The molecule has 0 spiro atoms. The van der Waals surface area contributed by atoms with Crippen LogP contribution in [-0.4, -0.2) is 0 Å². The molecular formula is C12H12ClNO. The summed E-state index contributed by atoms with van der Waals surface area (Å²) in [6, 6.07) is 9.60. The second-order valence-electron chi connectivity index (χ2n) is 3.45. The van der Waals surface area contributed by atoms with Crippen LogP contribution in [0.2, 0.25) is 5.02 Å². The lowest BCUT2D eigenvalue weighted by atomic mass is 10.1. The molecule has 3 heteroatoms. The first kappa shape index (κ1) is 10.3. The van der Waals surface area contributed by atoms with Gasteiger partial charge in [-0.05, 0) is 31.2 Å². The van der Waals surface area contributed by atoms with Gasteiger partial charge in [0.05, 0.1) is 11.6 Å². The summed E-state index contributed by atoms with van der Waals surface area (Å²) in [6.07, 6.45) is 0. The van der Waals surface area contributed by atoms with Gasteiger partial charge >= 0.3 is 0 Å². The molecule has 2 nitrogen and oxygen atoms in total. The summed E-state index contributed by atoms with van der Waals surface area (Å²) < 4.78 is 5.55. The Morgan fingerprint density at radius 2 is 2.07 bits per heavy atom. The van der Waals surface area contributed by atoms with E-state index in [1.807, 2.05) is 37.3 Å². The summed E-state index contributed by atoms with van der Waals surface area (Å²) in [5.41, 5.74) is 7.55. The van der Waals surface area contributed by atoms with Crippen molar-refractivity contribution in [3.8, 4) is 11.3 Å². The summed E-state index contributed by atoms with van der Waals surface area (Å²) in [5, 5.41) is 0.693. The van der Waals surface area contributed by atoms with Crippen LogP contribution in [0.3, 0.4) is 0 Å². The molecular weight excluding hydrogens is 210 g/mol. The van der Waals surface area contributed by atoms with Crippen LogP contribution < -0.4 is 5.73 Å². The highest BCUT2D eigenvalue weighted by atomic mass is 35.5. The molecule has 0 saturated carbocycles. The molecule has 0 unspecified atom stereocenters. The smallest absolute Gasteiger partial charge is 0.135 e. The summed E-state index contributed by atoms with van der Waals surface area (Å²) >= 11 is 6.09. The Labute approximate surface area is 93.7 Å². The Kier molecular flexibility index (Phi) is 2.80. The second-order valence-corrected chi connectivity index (χ2v) is 3.86. The molecule has 2 rings (SSSR count). The molecule has 78 valence electrons. The predicted octanol–water partition coefficient (Wildman–Crippen LogP) is 3.37. The van der Waals surface area contributed by atoms with E-state index in [1.165, 1.54) is 0 Å². The van der Waals surface area contributed by atoms with Crippen molar-refractivity contribution in [3.05, 3.63) is 46.7 Å². The normalized spacial score (nSPS) is 10.6. The van der Waals surface area contributed by atoms with Crippen molar-refractivity contribution in [2.45, 2.75) is 13.5 Å². The highest BCUT2D eigenvalue weighted by Gasteiger charge is 2.07. The van der Waals surface area contributed by atoms with Crippen molar-refractivity contribution in [1.29, 1.82) is 0 Å². The Bertz CT molecular complexity index is 476. The third kappa shape index (κ3) is 2.06. The summed E-state index contributed by atoms with van der Waals surface area (Å²) in [5.74, 6) is 1.53. The van der Waals surface area contributed by atoms with Crippen LogP contribution in [0.1, 0.15) is 11.3 Å². The number of hydrogen-bond donors (Lipinski definition) is 1. The van der Waals surface area contributed by atoms with E-state index in [-0.39, 0.29) is 0 Å². The van der Waals surface area contributed by atoms with Gasteiger partial charge in [0.25, 0.3) is 0 Å². The van der Waals surface area contributed by atoms with Crippen LogP contribution in [0.5, 0.6) is 0 Å². The number of nitrogens with two attached hydrogens (primary N) is 1. The molecule has 1 aromatic heterocycles. The predicted molar refractivity (Wildman–Crippen MR) is 61.8 cm³/mol. The fourth-order valence-corrected chi connectivity index (χ4v) is 1.67. The first-order chi connectivity index (χ1) is 7.20. The Morgan fingerprint density at radius 1 is 1.27 bits per heavy atom. The third-order valence-corrected chi connectivity index (χ3v) is 2.58. The SMILES string of the molecule is Cc1ccc(Cl)c(-c2ccc(CN)o2)c1. The second kappa shape index (κ2) is 4.09. The zero-order valence-electron chi connectivity index (χ0n) is 8.46. The maximum Gasteiger partial charge on any atom is 0.135 e. The fraction of sp³-hybridized carbons (Fsp3) is 0.167. The van der Waals surface area contributed by atoms with E-state index in [4.69, 9.17) is 21.8 Å². The van der Waals surface area contributed by atoms with E-state index in [0.717, 1.165) is 22.6 Å². The van der Waals surface area contributed by atoms with E-state index in [1.54, 1.807) is 0 Å². The van der Waals surface area contributed by atoms with Crippen LogP contribution in [0.4, 0.5) is 0 Å². The van der Waals surface area contributed by atoms with E-state index in [0.29, 0.717) is 11.6 Å². The highest BCUT2D eigenvalue weighted by molar-refractivity contribution is 6.33. The maximum absolute atomic E-state index is 6.09. The Morgan fingerprint density at radius 3 is 2.73 bits per heavy atom. The molecule has 2 aromatic rings. The Balaban J connectivity index is 2.48. The van der Waals surface area contributed by atoms with Crippen molar-refractivity contribution in [1.82, 2.24) is 0 Å². The zero-order valence-corrected chi connectivity index (χ0v) is 9.21. The molecule has 0 atom stereocenters. The number of benzene rings is 1. The van der Waals surface area contributed by atoms with Crippen LogP contribution in [-0.2, 0) is 6.54 Å². The summed E-state index contributed by atoms with van der Waals surface area (Å²) in [6.45, 7) is 2.43. The van der Waals surface area contributed by atoms with Gasteiger partial charge in [0, 0.05) is 5.56 Å². The van der Waals surface area contributed by atoms with Gasteiger partial charge < -0.3 is 10.2 Å². The van der Waals surface area contributed by atoms with Gasteiger partial charge in [0.2, 0.25) is 0 Å². The quantitative estimate of drug-likeness (QED) is 0.845. The molecule has 1 aromatic carbocycles. The first-order valence-corrected chi connectivity index (χ1v) is 5.14. The fourth-order valence-electron chi connectivity index (χ4n) is 1.46. The monoisotopic (exact) mass is 221 g/mol. The van der Waals surface area contributed by atoms with Crippen molar-refractivity contribution in [2.75, 3.05) is 0 Å².